The standard InChI is InChI=1S/C15H14F3N/c1-9-5-15(18)12(7-14(9)17)10-3-4-13(16)11(6-10)8-19-2/h3-7,19H,8H2,1-2H3. The first kappa shape index (κ1) is 13.6. The molecular weight excluding hydrogens is 251 g/mol. The van der Waals surface area contributed by atoms with Crippen molar-refractivity contribution >= 4 is 0 Å². The zero-order chi connectivity index (χ0) is 14.0. The normalized spacial score (nSPS) is 10.8. The first-order chi connectivity index (χ1) is 9.02. The van der Waals surface area contributed by atoms with Crippen LogP contribution in [0.25, 0.3) is 11.1 Å². The number of halogens is 3. The summed E-state index contributed by atoms with van der Waals surface area (Å²) in [4.78, 5) is 0. The molecule has 100 valence electrons. The Morgan fingerprint density at radius 3 is 2.37 bits per heavy atom. The topological polar surface area (TPSA) is 12.0 Å². The minimum atomic E-state index is -0.513. The molecule has 0 aromatic heterocycles. The van der Waals surface area contributed by atoms with E-state index in [4.69, 9.17) is 0 Å². The SMILES string of the molecule is CNCc1cc(-c2cc(F)c(C)cc2F)ccc1F. The van der Waals surface area contributed by atoms with Crippen molar-refractivity contribution in [3.63, 3.8) is 0 Å². The van der Waals surface area contributed by atoms with E-state index in [1.807, 2.05) is 0 Å². The van der Waals surface area contributed by atoms with E-state index < -0.39 is 11.6 Å². The molecule has 0 saturated carbocycles. The number of hydrogen-bond donors (Lipinski definition) is 1. The van der Waals surface area contributed by atoms with Crippen molar-refractivity contribution in [2.45, 2.75) is 13.5 Å². The Bertz CT molecular complexity index is 609. The van der Waals surface area contributed by atoms with Gasteiger partial charge < -0.3 is 5.32 Å². The van der Waals surface area contributed by atoms with E-state index in [0.717, 1.165) is 12.1 Å². The van der Waals surface area contributed by atoms with Crippen molar-refractivity contribution in [1.29, 1.82) is 0 Å². The van der Waals surface area contributed by atoms with Crippen molar-refractivity contribution in [1.82, 2.24) is 5.32 Å². The van der Waals surface area contributed by atoms with Gasteiger partial charge in [-0.15, -0.1) is 0 Å². The van der Waals surface area contributed by atoms with E-state index in [1.54, 1.807) is 7.05 Å². The second kappa shape index (κ2) is 5.45. The molecule has 0 atom stereocenters. The molecule has 0 saturated heterocycles. The molecule has 0 amide bonds. The lowest BCUT2D eigenvalue weighted by atomic mass is 10.0. The number of rotatable bonds is 3. The van der Waals surface area contributed by atoms with E-state index in [2.05, 4.69) is 5.32 Å². The molecule has 19 heavy (non-hydrogen) atoms. The largest absolute Gasteiger partial charge is 0.316 e. The fourth-order valence-electron chi connectivity index (χ4n) is 1.94. The molecule has 0 spiro atoms. The summed E-state index contributed by atoms with van der Waals surface area (Å²) in [7, 11) is 1.69. The number of aryl methyl sites for hydroxylation is 1. The molecule has 0 aliphatic heterocycles. The molecule has 2 aromatic rings. The van der Waals surface area contributed by atoms with Crippen LogP contribution in [-0.4, -0.2) is 7.05 Å². The van der Waals surface area contributed by atoms with Crippen molar-refractivity contribution in [3.05, 3.63) is 58.9 Å². The van der Waals surface area contributed by atoms with Gasteiger partial charge in [-0.1, -0.05) is 6.07 Å². The number of hydrogen-bond acceptors (Lipinski definition) is 1. The van der Waals surface area contributed by atoms with E-state index >= 15 is 0 Å². The Balaban J connectivity index is 2.53. The molecule has 0 unspecified atom stereocenters. The van der Waals surface area contributed by atoms with E-state index in [9.17, 15) is 13.2 Å². The Morgan fingerprint density at radius 1 is 0.947 bits per heavy atom. The summed E-state index contributed by atoms with van der Waals surface area (Å²) in [5.41, 5.74) is 1.27. The second-order valence-corrected chi connectivity index (χ2v) is 4.42. The summed E-state index contributed by atoms with van der Waals surface area (Å²) >= 11 is 0. The van der Waals surface area contributed by atoms with Gasteiger partial charge in [0.2, 0.25) is 0 Å². The number of benzene rings is 2. The van der Waals surface area contributed by atoms with Gasteiger partial charge in [0.05, 0.1) is 0 Å². The predicted octanol–water partition coefficient (Wildman–Crippen LogP) is 3.80. The van der Waals surface area contributed by atoms with Gasteiger partial charge in [0.15, 0.2) is 0 Å². The van der Waals surface area contributed by atoms with Crippen molar-refractivity contribution in [2.75, 3.05) is 7.05 Å². The summed E-state index contributed by atoms with van der Waals surface area (Å²) in [6.45, 7) is 1.83. The summed E-state index contributed by atoms with van der Waals surface area (Å²) in [6, 6.07) is 6.52. The third-order valence-corrected chi connectivity index (χ3v) is 2.97. The fourth-order valence-corrected chi connectivity index (χ4v) is 1.94. The van der Waals surface area contributed by atoms with Gasteiger partial charge >= 0.3 is 0 Å². The third kappa shape index (κ3) is 2.79. The lowest BCUT2D eigenvalue weighted by Crippen LogP contribution is -2.07. The van der Waals surface area contributed by atoms with Crippen LogP contribution < -0.4 is 5.32 Å². The third-order valence-electron chi connectivity index (χ3n) is 2.97. The lowest BCUT2D eigenvalue weighted by Gasteiger charge is -2.09. The van der Waals surface area contributed by atoms with Crippen molar-refractivity contribution < 1.29 is 13.2 Å². The Morgan fingerprint density at radius 2 is 1.68 bits per heavy atom. The molecule has 0 bridgehead atoms. The quantitative estimate of drug-likeness (QED) is 0.890. The predicted molar refractivity (Wildman–Crippen MR) is 69.3 cm³/mol. The van der Waals surface area contributed by atoms with E-state index in [0.29, 0.717) is 17.7 Å². The maximum Gasteiger partial charge on any atom is 0.131 e. The van der Waals surface area contributed by atoms with E-state index in [1.165, 1.54) is 25.1 Å². The summed E-state index contributed by atoms with van der Waals surface area (Å²) in [6.07, 6.45) is 0. The van der Waals surface area contributed by atoms with Gasteiger partial charge in [-0.05, 0) is 49.4 Å². The van der Waals surface area contributed by atoms with Gasteiger partial charge in [0, 0.05) is 17.7 Å². The molecule has 4 heteroatoms. The first-order valence-corrected chi connectivity index (χ1v) is 5.92. The molecule has 0 fully saturated rings. The molecule has 2 aromatic carbocycles. The zero-order valence-electron chi connectivity index (χ0n) is 10.7. The molecule has 0 aliphatic carbocycles. The van der Waals surface area contributed by atoms with Crippen molar-refractivity contribution in [3.8, 4) is 11.1 Å². The van der Waals surface area contributed by atoms with Crippen LogP contribution in [0, 0.1) is 24.4 Å². The van der Waals surface area contributed by atoms with Gasteiger partial charge in [-0.3, -0.25) is 0 Å². The molecule has 0 heterocycles. The average Bonchev–Trinajstić information content (AvgIpc) is 2.37. The monoisotopic (exact) mass is 265 g/mol. The molecule has 0 radical (unpaired) electrons. The summed E-state index contributed by atoms with van der Waals surface area (Å²) < 4.78 is 40.9. The van der Waals surface area contributed by atoms with Crippen LogP contribution in [0.4, 0.5) is 13.2 Å². The maximum absolute atomic E-state index is 13.9. The average molecular weight is 265 g/mol. The minimum absolute atomic E-state index is 0.139. The smallest absolute Gasteiger partial charge is 0.131 e. The van der Waals surface area contributed by atoms with Crippen LogP contribution in [0.1, 0.15) is 11.1 Å². The Kier molecular flexibility index (Phi) is 3.90. The zero-order valence-corrected chi connectivity index (χ0v) is 10.7. The highest BCUT2D eigenvalue weighted by Gasteiger charge is 2.11. The van der Waals surface area contributed by atoms with Crippen LogP contribution in [0.2, 0.25) is 0 Å². The number of nitrogens with one attached hydrogen (secondary N) is 1. The highest BCUT2D eigenvalue weighted by Crippen LogP contribution is 2.27. The maximum atomic E-state index is 13.9. The fraction of sp³-hybridized carbons (Fsp3) is 0.200. The van der Waals surface area contributed by atoms with Gasteiger partial charge in [0.25, 0.3) is 0 Å². The molecular formula is C15H14F3N. The minimum Gasteiger partial charge on any atom is -0.316 e. The van der Waals surface area contributed by atoms with E-state index in [-0.39, 0.29) is 16.9 Å². The molecule has 1 N–H and O–H groups in total. The van der Waals surface area contributed by atoms with Crippen LogP contribution >= 0.6 is 0 Å². The Hall–Kier alpha value is -1.81. The van der Waals surface area contributed by atoms with Crippen LogP contribution in [0.15, 0.2) is 30.3 Å². The van der Waals surface area contributed by atoms with Gasteiger partial charge in [0.1, 0.15) is 17.5 Å². The van der Waals surface area contributed by atoms with Crippen molar-refractivity contribution in [2.24, 2.45) is 0 Å². The summed E-state index contributed by atoms with van der Waals surface area (Å²) in [5, 5.41) is 2.83. The highest BCUT2D eigenvalue weighted by atomic mass is 19.1. The van der Waals surface area contributed by atoms with Gasteiger partial charge in [-0.25, -0.2) is 13.2 Å². The van der Waals surface area contributed by atoms with Crippen LogP contribution in [0.5, 0.6) is 0 Å². The molecule has 1 nitrogen and oxygen atoms in total. The highest BCUT2D eigenvalue weighted by molar-refractivity contribution is 5.65. The van der Waals surface area contributed by atoms with Crippen LogP contribution in [-0.2, 0) is 6.54 Å². The lowest BCUT2D eigenvalue weighted by molar-refractivity contribution is 0.593. The second-order valence-electron chi connectivity index (χ2n) is 4.42. The van der Waals surface area contributed by atoms with Crippen LogP contribution in [0.3, 0.4) is 0 Å². The first-order valence-electron chi connectivity index (χ1n) is 5.92. The molecule has 0 aliphatic rings. The summed E-state index contributed by atoms with van der Waals surface area (Å²) in [5.74, 6) is -1.36. The molecule has 2 rings (SSSR count). The van der Waals surface area contributed by atoms with Gasteiger partial charge in [-0.2, -0.15) is 0 Å². The Labute approximate surface area is 110 Å².